The fourth-order valence-corrected chi connectivity index (χ4v) is 3.26. The van der Waals surface area contributed by atoms with Gasteiger partial charge >= 0.3 is 0 Å². The van der Waals surface area contributed by atoms with Crippen molar-refractivity contribution in [3.05, 3.63) is 22.8 Å². The minimum atomic E-state index is -0.515. The highest BCUT2D eigenvalue weighted by Gasteiger charge is 2.44. The second kappa shape index (κ2) is 5.18. The predicted molar refractivity (Wildman–Crippen MR) is 86.8 cm³/mol. The van der Waals surface area contributed by atoms with Crippen LogP contribution in [0.4, 0.5) is 5.69 Å². The van der Waals surface area contributed by atoms with Gasteiger partial charge in [0.2, 0.25) is 5.91 Å². The molecule has 0 bridgehead atoms. The minimum absolute atomic E-state index is 0. The van der Waals surface area contributed by atoms with Crippen molar-refractivity contribution in [3.63, 3.8) is 0 Å². The van der Waals surface area contributed by atoms with E-state index in [1.807, 2.05) is 13.8 Å². The third kappa shape index (κ3) is 2.40. The second-order valence-electron chi connectivity index (χ2n) is 6.72. The molecule has 1 atom stereocenters. The van der Waals surface area contributed by atoms with E-state index in [4.69, 9.17) is 4.74 Å². The molecule has 116 valence electrons. The third-order valence-electron chi connectivity index (χ3n) is 4.29. The summed E-state index contributed by atoms with van der Waals surface area (Å²) in [5.74, 6) is 0.990. The highest BCUT2D eigenvalue weighted by atomic mass is 35.5. The maximum atomic E-state index is 12.2. The maximum Gasteiger partial charge on any atom is 0.234 e. The van der Waals surface area contributed by atoms with Crippen molar-refractivity contribution in [2.75, 3.05) is 26.0 Å². The van der Waals surface area contributed by atoms with Crippen LogP contribution >= 0.6 is 12.4 Å². The van der Waals surface area contributed by atoms with E-state index in [1.165, 1.54) is 5.56 Å². The molecule has 0 aliphatic carbocycles. The summed E-state index contributed by atoms with van der Waals surface area (Å²) >= 11 is 0. The number of benzene rings is 1. The lowest BCUT2D eigenvalue weighted by atomic mass is 9.83. The lowest BCUT2D eigenvalue weighted by molar-refractivity contribution is -0.119. The van der Waals surface area contributed by atoms with Crippen molar-refractivity contribution >= 4 is 24.0 Å². The Morgan fingerprint density at radius 2 is 2.10 bits per heavy atom. The van der Waals surface area contributed by atoms with E-state index < -0.39 is 5.41 Å². The van der Waals surface area contributed by atoms with Gasteiger partial charge in [0.1, 0.15) is 11.9 Å². The number of fused-ring (bicyclic) bond motifs is 3. The Balaban J connectivity index is 0.00000161. The molecule has 5 heteroatoms. The van der Waals surface area contributed by atoms with Crippen LogP contribution in [0.1, 0.15) is 30.5 Å². The van der Waals surface area contributed by atoms with Crippen molar-refractivity contribution < 1.29 is 9.53 Å². The van der Waals surface area contributed by atoms with Gasteiger partial charge in [-0.05, 0) is 46.0 Å². The van der Waals surface area contributed by atoms with Crippen molar-refractivity contribution in [2.45, 2.75) is 38.7 Å². The van der Waals surface area contributed by atoms with Crippen LogP contribution in [-0.2, 0) is 16.6 Å². The van der Waals surface area contributed by atoms with Gasteiger partial charge < -0.3 is 15.0 Å². The van der Waals surface area contributed by atoms with Crippen molar-refractivity contribution in [2.24, 2.45) is 0 Å². The Morgan fingerprint density at radius 1 is 1.43 bits per heavy atom. The number of rotatable bonds is 2. The standard InChI is InChI=1S/C16H22N2O2.ClH/c1-9-6-10-7-11(8-18(4)5)20-14(10)12-13(9)17-15(19)16(12,2)3;/h6,11H,7-8H2,1-5H3,(H,17,19);1H. The third-order valence-corrected chi connectivity index (χ3v) is 4.29. The van der Waals surface area contributed by atoms with Crippen LogP contribution in [0.5, 0.6) is 5.75 Å². The summed E-state index contributed by atoms with van der Waals surface area (Å²) in [6, 6.07) is 2.16. The van der Waals surface area contributed by atoms with E-state index in [1.54, 1.807) is 0 Å². The van der Waals surface area contributed by atoms with Gasteiger partial charge in [0.05, 0.1) is 11.1 Å². The number of hydrogen-bond donors (Lipinski definition) is 1. The van der Waals surface area contributed by atoms with E-state index in [-0.39, 0.29) is 24.4 Å². The van der Waals surface area contributed by atoms with Gasteiger partial charge in [-0.3, -0.25) is 4.79 Å². The molecule has 1 unspecified atom stereocenters. The lowest BCUT2D eigenvalue weighted by Gasteiger charge is -2.20. The molecule has 1 N–H and O–H groups in total. The average Bonchev–Trinajstić information content (AvgIpc) is 2.79. The fraction of sp³-hybridized carbons (Fsp3) is 0.562. The molecule has 1 aromatic carbocycles. The number of hydrogen-bond acceptors (Lipinski definition) is 3. The molecular formula is C16H23ClN2O2. The summed E-state index contributed by atoms with van der Waals surface area (Å²) in [6.07, 6.45) is 1.10. The average molecular weight is 311 g/mol. The molecular weight excluding hydrogens is 288 g/mol. The zero-order chi connectivity index (χ0) is 14.7. The predicted octanol–water partition coefficient (Wildman–Crippen LogP) is 2.51. The molecule has 0 fully saturated rings. The van der Waals surface area contributed by atoms with Crippen LogP contribution in [0.2, 0.25) is 0 Å². The number of amides is 1. The SMILES string of the molecule is Cc1cc2c(c3c1NC(=O)C3(C)C)OC(CN(C)C)C2.Cl. The normalized spacial score (nSPS) is 21.4. The number of halogens is 1. The summed E-state index contributed by atoms with van der Waals surface area (Å²) in [7, 11) is 4.11. The summed E-state index contributed by atoms with van der Waals surface area (Å²) in [6.45, 7) is 6.89. The Labute approximate surface area is 132 Å². The molecule has 0 saturated heterocycles. The monoisotopic (exact) mass is 310 g/mol. The Hall–Kier alpha value is -1.26. The smallest absolute Gasteiger partial charge is 0.234 e. The molecule has 4 nitrogen and oxygen atoms in total. The molecule has 21 heavy (non-hydrogen) atoms. The first-order chi connectivity index (χ1) is 9.30. The van der Waals surface area contributed by atoms with Crippen LogP contribution in [-0.4, -0.2) is 37.6 Å². The molecule has 3 rings (SSSR count). The number of nitrogens with zero attached hydrogens (tertiary/aromatic N) is 1. The quantitative estimate of drug-likeness (QED) is 0.912. The van der Waals surface area contributed by atoms with E-state index >= 15 is 0 Å². The number of carbonyl (C=O) groups excluding carboxylic acids is 1. The van der Waals surface area contributed by atoms with Gasteiger partial charge in [0.15, 0.2) is 0 Å². The van der Waals surface area contributed by atoms with Crippen LogP contribution < -0.4 is 10.1 Å². The molecule has 0 saturated carbocycles. The van der Waals surface area contributed by atoms with Crippen LogP contribution in [0.3, 0.4) is 0 Å². The summed E-state index contributed by atoms with van der Waals surface area (Å²) < 4.78 is 6.17. The number of nitrogens with one attached hydrogen (secondary N) is 1. The van der Waals surface area contributed by atoms with E-state index in [2.05, 4.69) is 37.3 Å². The van der Waals surface area contributed by atoms with Gasteiger partial charge in [0.25, 0.3) is 0 Å². The van der Waals surface area contributed by atoms with Crippen molar-refractivity contribution in [1.29, 1.82) is 0 Å². The van der Waals surface area contributed by atoms with E-state index in [0.29, 0.717) is 0 Å². The fourth-order valence-electron chi connectivity index (χ4n) is 3.26. The number of likely N-dealkylation sites (N-methyl/N-ethyl adjacent to an activating group) is 1. The van der Waals surface area contributed by atoms with Crippen molar-refractivity contribution in [3.8, 4) is 5.75 Å². The first-order valence-corrected chi connectivity index (χ1v) is 7.10. The van der Waals surface area contributed by atoms with Crippen LogP contribution in [0.25, 0.3) is 0 Å². The summed E-state index contributed by atoms with van der Waals surface area (Å²) in [5.41, 5.74) is 3.84. The number of carbonyl (C=O) groups is 1. The molecule has 0 spiro atoms. The van der Waals surface area contributed by atoms with Gasteiger partial charge in [-0.2, -0.15) is 0 Å². The van der Waals surface area contributed by atoms with Crippen LogP contribution in [0, 0.1) is 6.92 Å². The van der Waals surface area contributed by atoms with Gasteiger partial charge in [0, 0.05) is 18.5 Å². The Morgan fingerprint density at radius 3 is 2.71 bits per heavy atom. The molecule has 1 aromatic rings. The first kappa shape index (κ1) is 16.1. The molecule has 0 radical (unpaired) electrons. The Bertz CT molecular complexity index is 596. The van der Waals surface area contributed by atoms with Crippen molar-refractivity contribution in [1.82, 2.24) is 4.90 Å². The topological polar surface area (TPSA) is 41.6 Å². The highest BCUT2D eigenvalue weighted by Crippen LogP contribution is 2.49. The largest absolute Gasteiger partial charge is 0.488 e. The van der Waals surface area contributed by atoms with Gasteiger partial charge in [-0.1, -0.05) is 6.07 Å². The zero-order valence-electron chi connectivity index (χ0n) is 13.2. The number of aryl methyl sites for hydroxylation is 1. The summed E-state index contributed by atoms with van der Waals surface area (Å²) in [5, 5.41) is 3.01. The number of ether oxygens (including phenoxy) is 1. The molecule has 0 aromatic heterocycles. The summed E-state index contributed by atoms with van der Waals surface area (Å²) in [4.78, 5) is 14.3. The zero-order valence-corrected chi connectivity index (χ0v) is 14.1. The lowest BCUT2D eigenvalue weighted by Crippen LogP contribution is -2.30. The first-order valence-electron chi connectivity index (χ1n) is 7.10. The highest BCUT2D eigenvalue weighted by molar-refractivity contribution is 6.07. The maximum absolute atomic E-state index is 12.2. The minimum Gasteiger partial charge on any atom is -0.488 e. The number of anilines is 1. The van der Waals surface area contributed by atoms with Gasteiger partial charge in [-0.15, -0.1) is 12.4 Å². The second-order valence-corrected chi connectivity index (χ2v) is 6.72. The van der Waals surface area contributed by atoms with E-state index in [9.17, 15) is 4.79 Å². The van der Waals surface area contributed by atoms with Crippen LogP contribution in [0.15, 0.2) is 6.07 Å². The molecule has 1 amide bonds. The molecule has 2 aliphatic rings. The molecule has 2 aliphatic heterocycles. The van der Waals surface area contributed by atoms with Gasteiger partial charge in [-0.25, -0.2) is 0 Å². The van der Waals surface area contributed by atoms with E-state index in [0.717, 1.165) is 35.5 Å². The Kier molecular flexibility index (Phi) is 3.98. The molecule has 2 heterocycles.